The average molecular weight is 265 g/mol. The van der Waals surface area contributed by atoms with Gasteiger partial charge in [0.05, 0.1) is 11.9 Å². The van der Waals surface area contributed by atoms with Gasteiger partial charge in [-0.1, -0.05) is 12.8 Å². The maximum atomic E-state index is 12.9. The summed E-state index contributed by atoms with van der Waals surface area (Å²) in [5.41, 5.74) is 1.17. The number of pyridine rings is 1. The Kier molecular flexibility index (Phi) is 4.53. The lowest BCUT2D eigenvalue weighted by Crippen LogP contribution is -2.50. The predicted octanol–water partition coefficient (Wildman–Crippen LogP) is 2.75. The maximum absolute atomic E-state index is 12.9. The number of likely N-dealkylation sites (N-methyl/N-ethyl adjacent to an activating group) is 1. The van der Waals surface area contributed by atoms with E-state index in [0.29, 0.717) is 0 Å². The number of hydrogen-bond donors (Lipinski definition) is 1. The van der Waals surface area contributed by atoms with E-state index >= 15 is 0 Å². The highest BCUT2D eigenvalue weighted by Gasteiger charge is 2.35. The molecular weight excluding hydrogens is 241 g/mol. The summed E-state index contributed by atoms with van der Waals surface area (Å²) in [6.07, 6.45) is 6.39. The molecule has 2 rings (SSSR count). The van der Waals surface area contributed by atoms with E-state index in [0.717, 1.165) is 12.2 Å². The zero-order chi connectivity index (χ0) is 13.9. The van der Waals surface area contributed by atoms with Gasteiger partial charge in [-0.3, -0.25) is 4.98 Å². The van der Waals surface area contributed by atoms with Gasteiger partial charge in [0.2, 0.25) is 0 Å². The number of nitrogens with one attached hydrogen (secondary N) is 1. The van der Waals surface area contributed by atoms with Crippen LogP contribution in [0.5, 0.6) is 0 Å². The predicted molar refractivity (Wildman–Crippen MR) is 75.5 cm³/mol. The molecule has 1 saturated carbocycles. The molecule has 4 heteroatoms. The molecule has 19 heavy (non-hydrogen) atoms. The van der Waals surface area contributed by atoms with Crippen LogP contribution in [0.15, 0.2) is 18.3 Å². The second kappa shape index (κ2) is 5.97. The van der Waals surface area contributed by atoms with Gasteiger partial charge < -0.3 is 10.2 Å². The van der Waals surface area contributed by atoms with E-state index in [9.17, 15) is 4.39 Å². The Balaban J connectivity index is 1.95. The molecule has 1 N–H and O–H groups in total. The van der Waals surface area contributed by atoms with Crippen LogP contribution in [0.1, 0.15) is 44.3 Å². The molecule has 0 bridgehead atoms. The quantitative estimate of drug-likeness (QED) is 0.887. The van der Waals surface area contributed by atoms with Crippen molar-refractivity contribution in [3.63, 3.8) is 0 Å². The van der Waals surface area contributed by atoms with E-state index in [1.165, 1.54) is 37.9 Å². The van der Waals surface area contributed by atoms with Gasteiger partial charge in [0.15, 0.2) is 0 Å². The fourth-order valence-electron chi connectivity index (χ4n) is 2.91. The zero-order valence-electron chi connectivity index (χ0n) is 12.1. The van der Waals surface area contributed by atoms with Gasteiger partial charge in [-0.05, 0) is 46.0 Å². The molecule has 1 aromatic rings. The highest BCUT2D eigenvalue weighted by Crippen LogP contribution is 2.33. The average Bonchev–Trinajstić information content (AvgIpc) is 2.87. The second-order valence-electron chi connectivity index (χ2n) is 5.83. The zero-order valence-corrected chi connectivity index (χ0v) is 12.1. The molecule has 1 aliphatic rings. The Labute approximate surface area is 115 Å². The van der Waals surface area contributed by atoms with Crippen molar-refractivity contribution in [1.82, 2.24) is 15.2 Å². The molecule has 0 radical (unpaired) electrons. The summed E-state index contributed by atoms with van der Waals surface area (Å²) in [6, 6.07) is 3.37. The summed E-state index contributed by atoms with van der Waals surface area (Å²) in [4.78, 5) is 6.48. The van der Waals surface area contributed by atoms with Crippen molar-refractivity contribution in [3.05, 3.63) is 29.8 Å². The molecule has 1 heterocycles. The molecular formula is C15H24FN3. The van der Waals surface area contributed by atoms with Crippen molar-refractivity contribution >= 4 is 0 Å². The number of halogens is 1. The van der Waals surface area contributed by atoms with Crippen molar-refractivity contribution in [2.24, 2.45) is 0 Å². The van der Waals surface area contributed by atoms with Crippen LogP contribution in [0, 0.1) is 5.82 Å². The van der Waals surface area contributed by atoms with Gasteiger partial charge in [0.1, 0.15) is 5.82 Å². The normalized spacial score (nSPS) is 19.8. The third-order valence-electron chi connectivity index (χ3n) is 4.41. The molecule has 1 aromatic heterocycles. The molecule has 1 unspecified atom stereocenters. The molecule has 0 aromatic carbocycles. The fraction of sp³-hybridized carbons (Fsp3) is 0.667. The summed E-state index contributed by atoms with van der Waals surface area (Å²) < 4.78 is 12.9. The van der Waals surface area contributed by atoms with Gasteiger partial charge in [0, 0.05) is 18.1 Å². The lowest BCUT2D eigenvalue weighted by Gasteiger charge is -2.37. The minimum absolute atomic E-state index is 0.151. The van der Waals surface area contributed by atoms with Crippen LogP contribution in [-0.2, 0) is 0 Å². The molecule has 1 aliphatic carbocycles. The molecule has 3 nitrogen and oxygen atoms in total. The first-order valence-electron chi connectivity index (χ1n) is 7.06. The fourth-order valence-corrected chi connectivity index (χ4v) is 2.91. The van der Waals surface area contributed by atoms with Gasteiger partial charge in [-0.25, -0.2) is 4.39 Å². The lowest BCUT2D eigenvalue weighted by molar-refractivity contribution is 0.150. The third kappa shape index (κ3) is 3.31. The Hall–Kier alpha value is -1.00. The van der Waals surface area contributed by atoms with Crippen LogP contribution in [-0.4, -0.2) is 36.1 Å². The number of nitrogens with zero attached hydrogens (tertiary/aromatic N) is 2. The summed E-state index contributed by atoms with van der Waals surface area (Å²) in [6.45, 7) is 3.04. The van der Waals surface area contributed by atoms with Crippen molar-refractivity contribution < 1.29 is 4.39 Å². The number of hydrogen-bond acceptors (Lipinski definition) is 3. The van der Waals surface area contributed by atoms with Gasteiger partial charge >= 0.3 is 0 Å². The first-order chi connectivity index (χ1) is 9.03. The van der Waals surface area contributed by atoms with Crippen molar-refractivity contribution in [3.8, 4) is 0 Å². The topological polar surface area (TPSA) is 28.2 Å². The Morgan fingerprint density at radius 3 is 2.58 bits per heavy atom. The number of rotatable bonds is 5. The highest BCUT2D eigenvalue weighted by atomic mass is 19.1. The minimum Gasteiger partial charge on any atom is -0.307 e. The molecule has 0 amide bonds. The second-order valence-corrected chi connectivity index (χ2v) is 5.83. The van der Waals surface area contributed by atoms with E-state index in [-0.39, 0.29) is 17.4 Å². The first kappa shape index (κ1) is 14.4. The van der Waals surface area contributed by atoms with Crippen LogP contribution >= 0.6 is 0 Å². The Bertz CT molecular complexity index is 396. The Morgan fingerprint density at radius 2 is 2.05 bits per heavy atom. The van der Waals surface area contributed by atoms with Gasteiger partial charge in [-0.2, -0.15) is 0 Å². The van der Waals surface area contributed by atoms with Crippen LogP contribution in [0.4, 0.5) is 4.39 Å². The van der Waals surface area contributed by atoms with Crippen molar-refractivity contribution in [1.29, 1.82) is 0 Å². The highest BCUT2D eigenvalue weighted by molar-refractivity contribution is 5.09. The van der Waals surface area contributed by atoms with Gasteiger partial charge in [-0.15, -0.1) is 0 Å². The van der Waals surface area contributed by atoms with Crippen LogP contribution in [0.3, 0.4) is 0 Å². The van der Waals surface area contributed by atoms with E-state index in [2.05, 4.69) is 36.2 Å². The first-order valence-corrected chi connectivity index (χ1v) is 7.06. The van der Waals surface area contributed by atoms with Gasteiger partial charge in [0.25, 0.3) is 0 Å². The van der Waals surface area contributed by atoms with Crippen LogP contribution < -0.4 is 5.32 Å². The summed E-state index contributed by atoms with van der Waals surface area (Å²) in [5, 5.41) is 3.56. The molecule has 1 fully saturated rings. The van der Waals surface area contributed by atoms with E-state index in [1.807, 2.05) is 0 Å². The summed E-state index contributed by atoms with van der Waals surface area (Å²) in [7, 11) is 4.32. The standard InChI is InChI=1S/C15H24FN3/c1-12(14-7-6-13(16)10-17-14)18-11-15(19(2)3)8-4-5-9-15/h6-7,10,12,18H,4-5,8-9,11H2,1-3H3. The molecule has 0 spiro atoms. The van der Waals surface area contributed by atoms with E-state index in [1.54, 1.807) is 6.07 Å². The van der Waals surface area contributed by atoms with Crippen molar-refractivity contribution in [2.45, 2.75) is 44.2 Å². The van der Waals surface area contributed by atoms with E-state index in [4.69, 9.17) is 0 Å². The summed E-state index contributed by atoms with van der Waals surface area (Å²) >= 11 is 0. The van der Waals surface area contributed by atoms with Crippen LogP contribution in [0.2, 0.25) is 0 Å². The monoisotopic (exact) mass is 265 g/mol. The van der Waals surface area contributed by atoms with Crippen molar-refractivity contribution in [2.75, 3.05) is 20.6 Å². The molecule has 106 valence electrons. The smallest absolute Gasteiger partial charge is 0.141 e. The molecule has 1 atom stereocenters. The molecule has 0 aliphatic heterocycles. The SMILES string of the molecule is CC(NCC1(N(C)C)CCCC1)c1ccc(F)cn1. The molecule has 0 saturated heterocycles. The third-order valence-corrected chi connectivity index (χ3v) is 4.41. The largest absolute Gasteiger partial charge is 0.307 e. The minimum atomic E-state index is -0.281. The van der Waals surface area contributed by atoms with E-state index < -0.39 is 0 Å². The summed E-state index contributed by atoms with van der Waals surface area (Å²) in [5.74, 6) is -0.281. The maximum Gasteiger partial charge on any atom is 0.141 e. The van der Waals surface area contributed by atoms with Crippen LogP contribution in [0.25, 0.3) is 0 Å². The Morgan fingerprint density at radius 1 is 1.37 bits per heavy atom. The lowest BCUT2D eigenvalue weighted by atomic mass is 9.95. The number of aromatic nitrogens is 1.